The molecule has 5 nitrogen and oxygen atoms in total. The van der Waals surface area contributed by atoms with Crippen LogP contribution >= 0.6 is 0 Å². The van der Waals surface area contributed by atoms with Gasteiger partial charge in [-0.2, -0.15) is 0 Å². The van der Waals surface area contributed by atoms with Gasteiger partial charge >= 0.3 is 0 Å². The molecule has 0 spiro atoms. The van der Waals surface area contributed by atoms with Gasteiger partial charge in [-0.15, -0.1) is 0 Å². The average molecular weight is 236 g/mol. The first-order valence-corrected chi connectivity index (χ1v) is 6.20. The van der Waals surface area contributed by atoms with Gasteiger partial charge in [-0.1, -0.05) is 13.3 Å². The Kier molecular flexibility index (Phi) is 3.47. The van der Waals surface area contributed by atoms with E-state index in [1.165, 1.54) is 6.33 Å². The monoisotopic (exact) mass is 236 g/mol. The number of rotatable bonds is 5. The zero-order chi connectivity index (χ0) is 12.3. The predicted octanol–water partition coefficient (Wildman–Crippen LogP) is 1.34. The molecule has 5 heteroatoms. The highest BCUT2D eigenvalue weighted by Crippen LogP contribution is 2.32. The van der Waals surface area contributed by atoms with Crippen LogP contribution in [-0.2, 0) is 6.42 Å². The van der Waals surface area contributed by atoms with E-state index in [9.17, 15) is 5.11 Å². The number of aliphatic hydroxyl groups is 1. The maximum absolute atomic E-state index is 10.0. The van der Waals surface area contributed by atoms with E-state index in [0.29, 0.717) is 12.4 Å². The van der Waals surface area contributed by atoms with E-state index >= 15 is 0 Å². The molecule has 0 aliphatic heterocycles. The Balaban J connectivity index is 2.06. The first kappa shape index (κ1) is 12.1. The first-order valence-electron chi connectivity index (χ1n) is 6.20. The van der Waals surface area contributed by atoms with Crippen molar-refractivity contribution in [3.8, 4) is 0 Å². The summed E-state index contributed by atoms with van der Waals surface area (Å²) in [5.41, 5.74) is 6.24. The lowest BCUT2D eigenvalue weighted by Crippen LogP contribution is -2.43. The summed E-state index contributed by atoms with van der Waals surface area (Å²) < 4.78 is 0. The number of anilines is 2. The summed E-state index contributed by atoms with van der Waals surface area (Å²) in [7, 11) is 0. The van der Waals surface area contributed by atoms with Crippen molar-refractivity contribution in [3.63, 3.8) is 0 Å². The van der Waals surface area contributed by atoms with Crippen LogP contribution in [0.15, 0.2) is 6.33 Å². The van der Waals surface area contributed by atoms with Crippen LogP contribution in [0.4, 0.5) is 11.6 Å². The fourth-order valence-corrected chi connectivity index (χ4v) is 2.08. The Morgan fingerprint density at radius 3 is 2.82 bits per heavy atom. The fourth-order valence-electron chi connectivity index (χ4n) is 2.08. The van der Waals surface area contributed by atoms with Crippen molar-refractivity contribution in [2.75, 3.05) is 17.6 Å². The smallest absolute Gasteiger partial charge is 0.134 e. The molecule has 0 amide bonds. The lowest BCUT2D eigenvalue weighted by molar-refractivity contribution is -0.0202. The zero-order valence-electron chi connectivity index (χ0n) is 10.2. The van der Waals surface area contributed by atoms with Crippen LogP contribution in [-0.4, -0.2) is 27.2 Å². The topological polar surface area (TPSA) is 84.1 Å². The molecule has 1 aliphatic rings. The minimum atomic E-state index is -0.552. The highest BCUT2D eigenvalue weighted by atomic mass is 16.3. The number of nitrogens with zero attached hydrogens (tertiary/aromatic N) is 2. The molecule has 2 rings (SSSR count). The van der Waals surface area contributed by atoms with E-state index in [1.54, 1.807) is 0 Å². The molecule has 1 aliphatic carbocycles. The highest BCUT2D eigenvalue weighted by molar-refractivity contribution is 5.55. The summed E-state index contributed by atoms with van der Waals surface area (Å²) in [6.45, 7) is 2.63. The summed E-state index contributed by atoms with van der Waals surface area (Å²) in [5.74, 6) is 1.30. The van der Waals surface area contributed by atoms with Crippen molar-refractivity contribution in [2.24, 2.45) is 0 Å². The van der Waals surface area contributed by atoms with Crippen molar-refractivity contribution in [1.29, 1.82) is 0 Å². The van der Waals surface area contributed by atoms with Crippen LogP contribution in [0.2, 0.25) is 0 Å². The van der Waals surface area contributed by atoms with Crippen molar-refractivity contribution in [2.45, 2.75) is 44.6 Å². The molecule has 1 heterocycles. The van der Waals surface area contributed by atoms with Crippen LogP contribution < -0.4 is 11.1 Å². The van der Waals surface area contributed by atoms with E-state index < -0.39 is 5.60 Å². The summed E-state index contributed by atoms with van der Waals surface area (Å²) in [6, 6.07) is 0. The fraction of sp³-hybridized carbons (Fsp3) is 0.667. The third-order valence-corrected chi connectivity index (χ3v) is 3.35. The van der Waals surface area contributed by atoms with E-state index in [2.05, 4.69) is 22.2 Å². The van der Waals surface area contributed by atoms with Crippen molar-refractivity contribution >= 4 is 11.6 Å². The van der Waals surface area contributed by atoms with Crippen molar-refractivity contribution in [1.82, 2.24) is 9.97 Å². The van der Waals surface area contributed by atoms with Gasteiger partial charge in [0.2, 0.25) is 0 Å². The molecule has 0 saturated heterocycles. The summed E-state index contributed by atoms with van der Waals surface area (Å²) in [6.07, 6.45) is 6.14. The van der Waals surface area contributed by atoms with Crippen molar-refractivity contribution in [3.05, 3.63) is 11.9 Å². The van der Waals surface area contributed by atoms with Gasteiger partial charge in [0.05, 0.1) is 5.60 Å². The van der Waals surface area contributed by atoms with Gasteiger partial charge in [-0.25, -0.2) is 9.97 Å². The largest absolute Gasteiger partial charge is 0.388 e. The lowest BCUT2D eigenvalue weighted by atomic mass is 9.80. The molecule has 0 bridgehead atoms. The number of hydrogen-bond acceptors (Lipinski definition) is 5. The van der Waals surface area contributed by atoms with E-state index in [0.717, 1.165) is 43.5 Å². The van der Waals surface area contributed by atoms with Gasteiger partial charge in [-0.3, -0.25) is 0 Å². The Morgan fingerprint density at radius 2 is 2.24 bits per heavy atom. The molecule has 1 aromatic heterocycles. The van der Waals surface area contributed by atoms with Gasteiger partial charge in [-0.05, 0) is 25.7 Å². The lowest BCUT2D eigenvalue weighted by Gasteiger charge is -2.36. The van der Waals surface area contributed by atoms with Gasteiger partial charge in [0, 0.05) is 12.1 Å². The standard InChI is InChI=1S/C12H20N4O/c1-2-4-9-10(13)15-8-16-11(9)14-7-12(17)5-3-6-12/h8,17H,2-7H2,1H3,(H3,13,14,15,16). The SMILES string of the molecule is CCCc1c(N)ncnc1NCC1(O)CCC1. The van der Waals surface area contributed by atoms with Crippen LogP contribution in [0.25, 0.3) is 0 Å². The Labute approximate surface area is 101 Å². The maximum Gasteiger partial charge on any atom is 0.134 e. The van der Waals surface area contributed by atoms with Crippen molar-refractivity contribution < 1.29 is 5.11 Å². The molecule has 1 fully saturated rings. The Morgan fingerprint density at radius 1 is 1.47 bits per heavy atom. The zero-order valence-corrected chi connectivity index (χ0v) is 10.2. The minimum Gasteiger partial charge on any atom is -0.388 e. The predicted molar refractivity (Wildman–Crippen MR) is 67.7 cm³/mol. The number of nitrogen functional groups attached to an aromatic ring is 1. The van der Waals surface area contributed by atoms with Gasteiger partial charge in [0.1, 0.15) is 18.0 Å². The second-order valence-electron chi connectivity index (χ2n) is 4.77. The number of nitrogens with one attached hydrogen (secondary N) is 1. The molecular formula is C12H20N4O. The summed E-state index contributed by atoms with van der Waals surface area (Å²) in [4.78, 5) is 8.21. The first-order chi connectivity index (χ1) is 8.14. The molecule has 0 atom stereocenters. The Bertz CT molecular complexity index is 390. The molecule has 0 aromatic carbocycles. The molecule has 94 valence electrons. The van der Waals surface area contributed by atoms with Crippen LogP contribution in [0, 0.1) is 0 Å². The van der Waals surface area contributed by atoms with Gasteiger partial charge in [0.25, 0.3) is 0 Å². The third kappa shape index (κ3) is 2.66. The van der Waals surface area contributed by atoms with Crippen LogP contribution in [0.3, 0.4) is 0 Å². The highest BCUT2D eigenvalue weighted by Gasteiger charge is 2.34. The van der Waals surface area contributed by atoms with Gasteiger partial charge < -0.3 is 16.2 Å². The minimum absolute atomic E-state index is 0.532. The summed E-state index contributed by atoms with van der Waals surface area (Å²) in [5, 5.41) is 13.2. The second-order valence-corrected chi connectivity index (χ2v) is 4.77. The van der Waals surface area contributed by atoms with E-state index in [1.807, 2.05) is 0 Å². The second kappa shape index (κ2) is 4.87. The van der Waals surface area contributed by atoms with Crippen LogP contribution in [0.5, 0.6) is 0 Å². The number of hydrogen-bond donors (Lipinski definition) is 3. The maximum atomic E-state index is 10.0. The number of aromatic nitrogens is 2. The molecule has 1 aromatic rings. The number of nitrogens with two attached hydrogens (primary N) is 1. The third-order valence-electron chi connectivity index (χ3n) is 3.35. The molecule has 0 unspecified atom stereocenters. The average Bonchev–Trinajstić information content (AvgIpc) is 2.28. The summed E-state index contributed by atoms with van der Waals surface area (Å²) >= 11 is 0. The molecule has 4 N–H and O–H groups in total. The quantitative estimate of drug-likeness (QED) is 0.718. The Hall–Kier alpha value is -1.36. The normalized spacial score (nSPS) is 17.5. The van der Waals surface area contributed by atoms with Crippen LogP contribution in [0.1, 0.15) is 38.2 Å². The molecule has 0 radical (unpaired) electrons. The van der Waals surface area contributed by atoms with E-state index in [-0.39, 0.29) is 0 Å². The molecule has 1 saturated carbocycles. The molecular weight excluding hydrogens is 216 g/mol. The van der Waals surface area contributed by atoms with Gasteiger partial charge in [0.15, 0.2) is 0 Å². The van der Waals surface area contributed by atoms with E-state index in [4.69, 9.17) is 5.73 Å². The molecule has 17 heavy (non-hydrogen) atoms.